The standard InChI is InChI=1S/C35H31BN2O2/c1-34(2)35(3,4)40-36(39-34)27-21-19-25(20-22-27)32-31-30(24-13-7-5-8-14-24)23-26-15-11-12-18-29(26)33(31)38(37-32)28-16-9-6-10-17-28/h5-23H,1-4H3. The molecular formula is C35H31BN2O2. The molecule has 0 spiro atoms. The van der Waals surface area contributed by atoms with Gasteiger partial charge in [-0.05, 0) is 67.9 Å². The van der Waals surface area contributed by atoms with Crippen LogP contribution in [0.2, 0.25) is 0 Å². The Morgan fingerprint density at radius 3 is 1.93 bits per heavy atom. The number of fused-ring (bicyclic) bond motifs is 3. The number of hydrogen-bond donors (Lipinski definition) is 0. The summed E-state index contributed by atoms with van der Waals surface area (Å²) < 4.78 is 14.7. The van der Waals surface area contributed by atoms with E-state index in [1.165, 1.54) is 21.9 Å². The van der Waals surface area contributed by atoms with Crippen LogP contribution in [0.15, 0.2) is 115 Å². The Morgan fingerprint density at radius 1 is 0.650 bits per heavy atom. The summed E-state index contributed by atoms with van der Waals surface area (Å²) in [5, 5.41) is 8.79. The van der Waals surface area contributed by atoms with Gasteiger partial charge >= 0.3 is 7.12 Å². The van der Waals surface area contributed by atoms with E-state index in [1.807, 2.05) is 6.07 Å². The Labute approximate surface area is 235 Å². The summed E-state index contributed by atoms with van der Waals surface area (Å²) in [7, 11) is -0.401. The van der Waals surface area contributed by atoms with E-state index in [9.17, 15) is 0 Å². The van der Waals surface area contributed by atoms with Gasteiger partial charge in [-0.3, -0.25) is 0 Å². The van der Waals surface area contributed by atoms with Gasteiger partial charge in [-0.1, -0.05) is 97.1 Å². The molecule has 0 radical (unpaired) electrons. The summed E-state index contributed by atoms with van der Waals surface area (Å²) in [4.78, 5) is 0. The maximum Gasteiger partial charge on any atom is 0.494 e. The molecule has 1 aliphatic heterocycles. The van der Waals surface area contributed by atoms with Gasteiger partial charge in [0.1, 0.15) is 5.69 Å². The van der Waals surface area contributed by atoms with Gasteiger partial charge < -0.3 is 9.31 Å². The van der Waals surface area contributed by atoms with Gasteiger partial charge in [0.2, 0.25) is 0 Å². The molecule has 0 aliphatic carbocycles. The molecule has 1 fully saturated rings. The molecule has 0 N–H and O–H groups in total. The third-order valence-corrected chi connectivity index (χ3v) is 8.47. The van der Waals surface area contributed by atoms with Crippen LogP contribution in [-0.4, -0.2) is 28.1 Å². The van der Waals surface area contributed by atoms with Crippen molar-refractivity contribution in [3.05, 3.63) is 115 Å². The second-order valence-corrected chi connectivity index (χ2v) is 11.5. The molecule has 1 aromatic heterocycles. The first-order valence-electron chi connectivity index (χ1n) is 13.8. The predicted molar refractivity (Wildman–Crippen MR) is 165 cm³/mol. The highest BCUT2D eigenvalue weighted by atomic mass is 16.7. The van der Waals surface area contributed by atoms with Crippen LogP contribution in [0, 0.1) is 0 Å². The van der Waals surface area contributed by atoms with Crippen molar-refractivity contribution in [1.82, 2.24) is 9.78 Å². The lowest BCUT2D eigenvalue weighted by atomic mass is 9.78. The summed E-state index contributed by atoms with van der Waals surface area (Å²) in [5.41, 5.74) is 6.71. The normalized spacial score (nSPS) is 16.1. The molecule has 0 saturated carbocycles. The fourth-order valence-electron chi connectivity index (χ4n) is 5.57. The first-order valence-corrected chi connectivity index (χ1v) is 13.8. The molecule has 0 unspecified atom stereocenters. The maximum absolute atomic E-state index is 6.31. The Hall–Kier alpha value is -4.19. The van der Waals surface area contributed by atoms with Crippen molar-refractivity contribution in [3.63, 3.8) is 0 Å². The number of hydrogen-bond acceptors (Lipinski definition) is 3. The summed E-state index contributed by atoms with van der Waals surface area (Å²) in [6.45, 7) is 8.33. The number of aromatic nitrogens is 2. The van der Waals surface area contributed by atoms with E-state index in [1.54, 1.807) is 0 Å². The largest absolute Gasteiger partial charge is 0.494 e. The molecule has 2 heterocycles. The van der Waals surface area contributed by atoms with Crippen molar-refractivity contribution in [1.29, 1.82) is 0 Å². The summed E-state index contributed by atoms with van der Waals surface area (Å²) in [6, 6.07) is 40.4. The van der Waals surface area contributed by atoms with E-state index in [0.29, 0.717) is 0 Å². The summed E-state index contributed by atoms with van der Waals surface area (Å²) >= 11 is 0. The maximum atomic E-state index is 6.31. The molecule has 1 saturated heterocycles. The SMILES string of the molecule is CC1(C)OB(c2ccc(-c3nn(-c4ccccc4)c4c3c(-c3ccccc3)cc3ccccc34)cc2)OC1(C)C. The van der Waals surface area contributed by atoms with Crippen molar-refractivity contribution in [3.8, 4) is 28.1 Å². The van der Waals surface area contributed by atoms with Crippen LogP contribution in [0.1, 0.15) is 27.7 Å². The topological polar surface area (TPSA) is 36.3 Å². The highest BCUT2D eigenvalue weighted by Crippen LogP contribution is 2.42. The average Bonchev–Trinajstić information content (AvgIpc) is 3.48. The molecule has 7 rings (SSSR count). The third kappa shape index (κ3) is 3.97. The van der Waals surface area contributed by atoms with E-state index in [-0.39, 0.29) is 11.2 Å². The predicted octanol–water partition coefficient (Wildman–Crippen LogP) is 7.81. The molecule has 4 nitrogen and oxygen atoms in total. The molecule has 196 valence electrons. The number of para-hydroxylation sites is 1. The third-order valence-electron chi connectivity index (χ3n) is 8.47. The van der Waals surface area contributed by atoms with E-state index in [4.69, 9.17) is 14.4 Å². The van der Waals surface area contributed by atoms with Crippen LogP contribution < -0.4 is 5.46 Å². The molecule has 0 bridgehead atoms. The average molecular weight is 522 g/mol. The van der Waals surface area contributed by atoms with Gasteiger partial charge in [0.15, 0.2) is 0 Å². The first-order chi connectivity index (χ1) is 19.3. The first kappa shape index (κ1) is 24.8. The van der Waals surface area contributed by atoms with Gasteiger partial charge in [0.05, 0.1) is 22.4 Å². The van der Waals surface area contributed by atoms with Crippen LogP contribution in [0.5, 0.6) is 0 Å². The van der Waals surface area contributed by atoms with Gasteiger partial charge in [-0.25, -0.2) is 4.68 Å². The Morgan fingerprint density at radius 2 is 1.25 bits per heavy atom. The molecule has 6 aromatic rings. The van der Waals surface area contributed by atoms with Crippen molar-refractivity contribution < 1.29 is 9.31 Å². The zero-order valence-electron chi connectivity index (χ0n) is 23.3. The number of nitrogens with zero attached hydrogens (tertiary/aromatic N) is 2. The molecule has 0 amide bonds. The molecule has 5 heteroatoms. The monoisotopic (exact) mass is 522 g/mol. The molecule has 0 atom stereocenters. The smallest absolute Gasteiger partial charge is 0.399 e. The van der Waals surface area contributed by atoms with Gasteiger partial charge in [-0.2, -0.15) is 5.10 Å². The van der Waals surface area contributed by atoms with Crippen molar-refractivity contribution >= 4 is 34.3 Å². The Balaban J connectivity index is 1.47. The lowest BCUT2D eigenvalue weighted by molar-refractivity contribution is 0.00578. The van der Waals surface area contributed by atoms with Gasteiger partial charge in [-0.15, -0.1) is 0 Å². The fourth-order valence-corrected chi connectivity index (χ4v) is 5.57. The van der Waals surface area contributed by atoms with E-state index < -0.39 is 7.12 Å². The Bertz CT molecular complexity index is 1830. The van der Waals surface area contributed by atoms with Crippen LogP contribution in [0.4, 0.5) is 0 Å². The fraction of sp³-hybridized carbons (Fsp3) is 0.171. The second-order valence-electron chi connectivity index (χ2n) is 11.5. The van der Waals surface area contributed by atoms with E-state index in [2.05, 4.69) is 142 Å². The van der Waals surface area contributed by atoms with Crippen molar-refractivity contribution in [2.75, 3.05) is 0 Å². The minimum atomic E-state index is -0.401. The van der Waals surface area contributed by atoms with Gasteiger partial charge in [0, 0.05) is 16.3 Å². The Kier molecular flexibility index (Phi) is 5.70. The van der Waals surface area contributed by atoms with Crippen molar-refractivity contribution in [2.45, 2.75) is 38.9 Å². The molecule has 5 aromatic carbocycles. The molecule has 1 aliphatic rings. The van der Waals surface area contributed by atoms with Crippen LogP contribution in [0.25, 0.3) is 49.7 Å². The number of benzene rings is 5. The van der Waals surface area contributed by atoms with Crippen LogP contribution in [-0.2, 0) is 9.31 Å². The van der Waals surface area contributed by atoms with Crippen LogP contribution in [0.3, 0.4) is 0 Å². The highest BCUT2D eigenvalue weighted by molar-refractivity contribution is 6.62. The second kappa shape index (κ2) is 9.19. The molecule has 40 heavy (non-hydrogen) atoms. The lowest BCUT2D eigenvalue weighted by Gasteiger charge is -2.32. The van der Waals surface area contributed by atoms with E-state index >= 15 is 0 Å². The van der Waals surface area contributed by atoms with E-state index in [0.717, 1.165) is 33.3 Å². The van der Waals surface area contributed by atoms with Crippen LogP contribution >= 0.6 is 0 Å². The van der Waals surface area contributed by atoms with Crippen molar-refractivity contribution in [2.24, 2.45) is 0 Å². The minimum Gasteiger partial charge on any atom is -0.399 e. The number of rotatable bonds is 4. The van der Waals surface area contributed by atoms with Gasteiger partial charge in [0.25, 0.3) is 0 Å². The summed E-state index contributed by atoms with van der Waals surface area (Å²) in [6.07, 6.45) is 0. The zero-order chi connectivity index (χ0) is 27.5. The zero-order valence-corrected chi connectivity index (χ0v) is 23.3. The quantitative estimate of drug-likeness (QED) is 0.222. The highest BCUT2D eigenvalue weighted by Gasteiger charge is 2.51. The lowest BCUT2D eigenvalue weighted by Crippen LogP contribution is -2.41. The molecular weight excluding hydrogens is 491 g/mol. The summed E-state index contributed by atoms with van der Waals surface area (Å²) in [5.74, 6) is 0. The minimum absolute atomic E-state index is 0.382.